The van der Waals surface area contributed by atoms with Crippen LogP contribution in [0.2, 0.25) is 0 Å². The highest BCUT2D eigenvalue weighted by Gasteiger charge is 2.21. The number of benzene rings is 1. The molecule has 0 amide bonds. The Morgan fingerprint density at radius 2 is 1.68 bits per heavy atom. The van der Waals surface area contributed by atoms with Crippen LogP contribution >= 0.6 is 0 Å². The first-order valence-corrected chi connectivity index (χ1v) is 6.79. The molecule has 19 heavy (non-hydrogen) atoms. The third-order valence-electron chi connectivity index (χ3n) is 2.10. The summed E-state index contributed by atoms with van der Waals surface area (Å²) in [5.74, 6) is -8.99. The molecule has 2 N–H and O–H groups in total. The van der Waals surface area contributed by atoms with Crippen molar-refractivity contribution in [3.63, 3.8) is 0 Å². The predicted octanol–water partition coefficient (Wildman–Crippen LogP) is 1.55. The van der Waals surface area contributed by atoms with E-state index in [4.69, 9.17) is 5.14 Å². The average molecular weight is 301 g/mol. The fourth-order valence-corrected chi connectivity index (χ4v) is 2.24. The second-order valence-corrected chi connectivity index (χ2v) is 5.70. The van der Waals surface area contributed by atoms with Crippen LogP contribution in [0.1, 0.15) is 6.92 Å². The lowest BCUT2D eigenvalue weighted by molar-refractivity contribution is 0.239. The highest BCUT2D eigenvalue weighted by molar-refractivity contribution is 7.89. The highest BCUT2D eigenvalue weighted by Crippen LogP contribution is 2.26. The summed E-state index contributed by atoms with van der Waals surface area (Å²) in [6, 6.07) is 0.0469. The molecule has 0 fully saturated rings. The van der Waals surface area contributed by atoms with E-state index in [0.29, 0.717) is 0 Å². The highest BCUT2D eigenvalue weighted by atomic mass is 32.2. The van der Waals surface area contributed by atoms with Crippen LogP contribution in [-0.2, 0) is 10.0 Å². The van der Waals surface area contributed by atoms with E-state index in [1.54, 1.807) is 0 Å². The summed E-state index contributed by atoms with van der Waals surface area (Å²) >= 11 is 0. The normalized spacial score (nSPS) is 13.4. The molecule has 0 heterocycles. The first-order chi connectivity index (χ1) is 8.61. The van der Waals surface area contributed by atoms with Gasteiger partial charge >= 0.3 is 0 Å². The van der Waals surface area contributed by atoms with Crippen molar-refractivity contribution in [3.05, 3.63) is 29.3 Å². The second-order valence-electron chi connectivity index (χ2n) is 4.04. The SMILES string of the molecule is CC(COc1c(F)c(F)cc(F)c1F)CS(N)(=O)=O. The van der Waals surface area contributed by atoms with Crippen LogP contribution in [0.5, 0.6) is 5.75 Å². The third-order valence-corrected chi connectivity index (χ3v) is 3.13. The summed E-state index contributed by atoms with van der Waals surface area (Å²) < 4.78 is 78.1. The molecule has 0 aliphatic heterocycles. The smallest absolute Gasteiger partial charge is 0.209 e. The Labute approximate surface area is 107 Å². The minimum absolute atomic E-state index is 0.0469. The van der Waals surface area contributed by atoms with Crippen molar-refractivity contribution in [1.82, 2.24) is 0 Å². The molecule has 1 aromatic rings. The number of hydrogen-bond acceptors (Lipinski definition) is 3. The minimum atomic E-state index is -3.78. The van der Waals surface area contributed by atoms with Gasteiger partial charge in [0, 0.05) is 12.0 Å². The van der Waals surface area contributed by atoms with Crippen molar-refractivity contribution < 1.29 is 30.7 Å². The monoisotopic (exact) mass is 301 g/mol. The number of ether oxygens (including phenoxy) is 1. The van der Waals surface area contributed by atoms with Crippen LogP contribution in [0.15, 0.2) is 6.07 Å². The Bertz CT molecular complexity index is 550. The van der Waals surface area contributed by atoms with E-state index in [-0.39, 0.29) is 6.07 Å². The van der Waals surface area contributed by atoms with Crippen molar-refractivity contribution in [1.29, 1.82) is 0 Å². The van der Waals surface area contributed by atoms with Crippen molar-refractivity contribution in [3.8, 4) is 5.75 Å². The van der Waals surface area contributed by atoms with E-state index in [1.165, 1.54) is 6.92 Å². The Morgan fingerprint density at radius 1 is 1.21 bits per heavy atom. The average Bonchev–Trinajstić information content (AvgIpc) is 2.24. The molecule has 0 aliphatic carbocycles. The van der Waals surface area contributed by atoms with Crippen LogP contribution in [-0.4, -0.2) is 20.8 Å². The Kier molecular flexibility index (Phi) is 4.75. The summed E-state index contributed by atoms with van der Waals surface area (Å²) in [5, 5.41) is 4.76. The van der Waals surface area contributed by atoms with E-state index < -0.39 is 57.3 Å². The van der Waals surface area contributed by atoms with E-state index in [9.17, 15) is 26.0 Å². The molecule has 0 aromatic heterocycles. The second kappa shape index (κ2) is 5.74. The van der Waals surface area contributed by atoms with Gasteiger partial charge in [-0.2, -0.15) is 8.78 Å². The quantitative estimate of drug-likeness (QED) is 0.662. The molecule has 0 bridgehead atoms. The molecule has 9 heteroatoms. The maximum atomic E-state index is 13.2. The molecule has 1 rings (SSSR count). The number of halogens is 4. The van der Waals surface area contributed by atoms with Crippen LogP contribution in [0.25, 0.3) is 0 Å². The first kappa shape index (κ1) is 15.7. The van der Waals surface area contributed by atoms with Crippen molar-refractivity contribution in [2.45, 2.75) is 6.92 Å². The molecule has 1 unspecified atom stereocenters. The zero-order valence-electron chi connectivity index (χ0n) is 9.79. The molecular weight excluding hydrogens is 290 g/mol. The number of sulfonamides is 1. The van der Waals surface area contributed by atoms with Crippen molar-refractivity contribution >= 4 is 10.0 Å². The van der Waals surface area contributed by atoms with Gasteiger partial charge in [0.25, 0.3) is 0 Å². The lowest BCUT2D eigenvalue weighted by atomic mass is 10.2. The minimum Gasteiger partial charge on any atom is -0.487 e. The van der Waals surface area contributed by atoms with E-state index in [1.807, 2.05) is 0 Å². The topological polar surface area (TPSA) is 69.4 Å². The Balaban J connectivity index is 2.84. The lowest BCUT2D eigenvalue weighted by Crippen LogP contribution is -2.25. The molecule has 1 aromatic carbocycles. The van der Waals surface area contributed by atoms with Gasteiger partial charge in [-0.3, -0.25) is 0 Å². The van der Waals surface area contributed by atoms with E-state index in [0.717, 1.165) is 0 Å². The summed E-state index contributed by atoms with van der Waals surface area (Å²) in [5.41, 5.74) is 0. The largest absolute Gasteiger partial charge is 0.487 e. The zero-order valence-corrected chi connectivity index (χ0v) is 10.6. The fourth-order valence-electron chi connectivity index (χ4n) is 1.35. The molecule has 0 radical (unpaired) electrons. The maximum Gasteiger partial charge on any atom is 0.209 e. The van der Waals surface area contributed by atoms with Crippen LogP contribution in [0, 0.1) is 29.2 Å². The maximum absolute atomic E-state index is 13.2. The molecule has 108 valence electrons. The van der Waals surface area contributed by atoms with Gasteiger partial charge < -0.3 is 4.74 Å². The zero-order chi connectivity index (χ0) is 14.8. The van der Waals surface area contributed by atoms with Gasteiger partial charge in [-0.05, 0) is 0 Å². The van der Waals surface area contributed by atoms with Gasteiger partial charge in [-0.15, -0.1) is 0 Å². The molecule has 0 saturated heterocycles. The van der Waals surface area contributed by atoms with Gasteiger partial charge in [0.1, 0.15) is 0 Å². The number of primary sulfonamides is 1. The molecule has 0 aliphatic rings. The standard InChI is InChI=1S/C10H11F4NO3S/c1-5(4-19(15,16)17)3-18-10-8(13)6(11)2-7(12)9(10)14/h2,5H,3-4H2,1H3,(H2,15,16,17). The molecule has 1 atom stereocenters. The fraction of sp³-hybridized carbons (Fsp3) is 0.400. The molecule has 0 saturated carbocycles. The van der Waals surface area contributed by atoms with Gasteiger partial charge in [-0.25, -0.2) is 22.3 Å². The van der Waals surface area contributed by atoms with Gasteiger partial charge in [0.05, 0.1) is 12.4 Å². The van der Waals surface area contributed by atoms with E-state index >= 15 is 0 Å². The van der Waals surface area contributed by atoms with E-state index in [2.05, 4.69) is 4.74 Å². The van der Waals surface area contributed by atoms with Gasteiger partial charge in [-0.1, -0.05) is 6.92 Å². The van der Waals surface area contributed by atoms with Crippen LogP contribution in [0.4, 0.5) is 17.6 Å². The molecule has 4 nitrogen and oxygen atoms in total. The van der Waals surface area contributed by atoms with Crippen LogP contribution < -0.4 is 9.88 Å². The number of rotatable bonds is 5. The predicted molar refractivity (Wildman–Crippen MR) is 58.9 cm³/mol. The van der Waals surface area contributed by atoms with Gasteiger partial charge in [0.2, 0.25) is 21.7 Å². The lowest BCUT2D eigenvalue weighted by Gasteiger charge is -2.13. The summed E-state index contributed by atoms with van der Waals surface area (Å²) in [4.78, 5) is 0. The summed E-state index contributed by atoms with van der Waals surface area (Å²) in [6.07, 6.45) is 0. The van der Waals surface area contributed by atoms with Crippen molar-refractivity contribution in [2.75, 3.05) is 12.4 Å². The first-order valence-electron chi connectivity index (χ1n) is 5.08. The van der Waals surface area contributed by atoms with Gasteiger partial charge in [0.15, 0.2) is 17.4 Å². The molecule has 0 spiro atoms. The summed E-state index contributed by atoms with van der Waals surface area (Å²) in [6.45, 7) is 0.920. The number of hydrogen-bond donors (Lipinski definition) is 1. The number of nitrogens with two attached hydrogens (primary N) is 1. The Morgan fingerprint density at radius 3 is 2.11 bits per heavy atom. The Hall–Kier alpha value is -1.35. The molecular formula is C10H11F4NO3S. The summed E-state index contributed by atoms with van der Waals surface area (Å²) in [7, 11) is -3.78. The van der Waals surface area contributed by atoms with Crippen LogP contribution in [0.3, 0.4) is 0 Å². The van der Waals surface area contributed by atoms with Crippen molar-refractivity contribution in [2.24, 2.45) is 11.1 Å². The third kappa shape index (κ3) is 4.35.